The number of halogens is 2. The molecule has 3 N–H and O–H groups in total. The second-order valence-corrected chi connectivity index (χ2v) is 10.3. The van der Waals surface area contributed by atoms with E-state index in [1.807, 2.05) is 32.0 Å². The zero-order valence-electron chi connectivity index (χ0n) is 19.3. The minimum absolute atomic E-state index is 0.0879. The Hall–Kier alpha value is -2.63. The quantitative estimate of drug-likeness (QED) is 0.232. The van der Waals surface area contributed by atoms with Crippen LogP contribution < -0.4 is 10.1 Å². The first-order valence-electron chi connectivity index (χ1n) is 11.3. The largest absolute Gasteiger partial charge is 0.491 e. The van der Waals surface area contributed by atoms with Crippen molar-refractivity contribution in [1.82, 2.24) is 20.2 Å². The monoisotopic (exact) mass is 608 g/mol. The summed E-state index contributed by atoms with van der Waals surface area (Å²) in [7, 11) is 0. The van der Waals surface area contributed by atoms with E-state index in [4.69, 9.17) is 21.4 Å². The Morgan fingerprint density at radius 2 is 1.94 bits per heavy atom. The van der Waals surface area contributed by atoms with Crippen molar-refractivity contribution in [2.45, 2.75) is 32.4 Å². The molecule has 1 aromatic heterocycles. The number of aliphatic hydroxyl groups is 1. The summed E-state index contributed by atoms with van der Waals surface area (Å²) >= 11 is 8.63. The predicted molar refractivity (Wildman–Crippen MR) is 141 cm³/mol. The Kier molecular flexibility index (Phi) is 7.98. The zero-order chi connectivity index (χ0) is 25.1. The lowest BCUT2D eigenvalue weighted by Crippen LogP contribution is -2.36. The van der Waals surface area contributed by atoms with Crippen LogP contribution in [0.2, 0.25) is 5.02 Å². The van der Waals surface area contributed by atoms with Crippen LogP contribution in [0.1, 0.15) is 43.7 Å². The van der Waals surface area contributed by atoms with Crippen LogP contribution in [0.5, 0.6) is 5.75 Å². The van der Waals surface area contributed by atoms with Crippen molar-refractivity contribution in [3.05, 3.63) is 68.6 Å². The number of aliphatic hydroxyl groups excluding tert-OH is 1. The van der Waals surface area contributed by atoms with Gasteiger partial charge in [-0.3, -0.25) is 9.69 Å². The summed E-state index contributed by atoms with van der Waals surface area (Å²) in [6.07, 6.45) is 2.23. The lowest BCUT2D eigenvalue weighted by Gasteiger charge is -2.25. The number of aromatic amines is 1. The molecular formula is C25H26ClIN4O4. The Labute approximate surface area is 222 Å². The second-order valence-electron chi connectivity index (χ2n) is 8.68. The number of aromatic nitrogens is 2. The van der Waals surface area contributed by atoms with E-state index in [0.717, 1.165) is 14.8 Å². The molecule has 2 heterocycles. The molecule has 0 saturated carbocycles. The first-order chi connectivity index (χ1) is 16.8. The molecule has 0 spiro atoms. The fraction of sp³-hybridized carbons (Fsp3) is 0.320. The number of rotatable bonds is 9. The molecule has 35 heavy (non-hydrogen) atoms. The van der Waals surface area contributed by atoms with Gasteiger partial charge < -0.3 is 20.1 Å². The van der Waals surface area contributed by atoms with Gasteiger partial charge in [-0.25, -0.2) is 9.78 Å². The van der Waals surface area contributed by atoms with Crippen molar-refractivity contribution >= 4 is 46.1 Å². The molecule has 0 aliphatic carbocycles. The highest BCUT2D eigenvalue weighted by molar-refractivity contribution is 14.1. The molecule has 3 aromatic rings. The number of urea groups is 1. The number of amides is 3. The number of benzene rings is 2. The number of nitrogens with zero attached hydrogens (tertiary/aromatic N) is 2. The summed E-state index contributed by atoms with van der Waals surface area (Å²) in [6, 6.07) is 10.8. The standard InChI is InChI=1S/C25H26ClIN4O4/c1-14(2)11-21(23-28-13-20(29-23)18-8-5-16(27)12-19(18)26)31-24(33)22(30-25(31)34)15-3-6-17(7-4-15)35-10-9-32/h3-8,12-14,21-22,32H,9-11H2,1-2H3,(H,28,29)(H,30,34)/t21-,22?/m1/s1. The topological polar surface area (TPSA) is 108 Å². The Morgan fingerprint density at radius 1 is 1.20 bits per heavy atom. The van der Waals surface area contributed by atoms with Crippen molar-refractivity contribution in [1.29, 1.82) is 0 Å². The van der Waals surface area contributed by atoms with Crippen LogP contribution >= 0.6 is 34.2 Å². The van der Waals surface area contributed by atoms with Gasteiger partial charge in [-0.05, 0) is 64.8 Å². The van der Waals surface area contributed by atoms with Crippen molar-refractivity contribution < 1.29 is 19.4 Å². The van der Waals surface area contributed by atoms with Crippen LogP contribution in [-0.4, -0.2) is 45.1 Å². The van der Waals surface area contributed by atoms with Crippen molar-refractivity contribution in [2.75, 3.05) is 13.2 Å². The van der Waals surface area contributed by atoms with Gasteiger partial charge in [0.15, 0.2) is 0 Å². The molecule has 1 unspecified atom stereocenters. The van der Waals surface area contributed by atoms with E-state index < -0.39 is 18.1 Å². The van der Waals surface area contributed by atoms with Crippen LogP contribution in [0.3, 0.4) is 0 Å². The SMILES string of the molecule is CC(C)C[C@H](c1ncc(-c2ccc(I)cc2Cl)[nH]1)N1C(=O)NC(c2ccc(OCCO)cc2)C1=O. The number of hydrogen-bond donors (Lipinski definition) is 3. The molecule has 1 aliphatic rings. The van der Waals surface area contributed by atoms with Gasteiger partial charge in [0.05, 0.1) is 29.6 Å². The van der Waals surface area contributed by atoms with Gasteiger partial charge in [-0.1, -0.05) is 43.6 Å². The Morgan fingerprint density at radius 3 is 2.60 bits per heavy atom. The maximum absolute atomic E-state index is 13.5. The van der Waals surface area contributed by atoms with Gasteiger partial charge in [0.25, 0.3) is 5.91 Å². The van der Waals surface area contributed by atoms with Crippen LogP contribution in [0.4, 0.5) is 4.79 Å². The number of carbonyl (C=O) groups is 2. The molecule has 2 atom stereocenters. The molecule has 4 rings (SSSR count). The number of ether oxygens (including phenoxy) is 1. The van der Waals surface area contributed by atoms with E-state index in [2.05, 4.69) is 37.9 Å². The summed E-state index contributed by atoms with van der Waals surface area (Å²) < 4.78 is 6.40. The van der Waals surface area contributed by atoms with Crippen LogP contribution in [0.15, 0.2) is 48.7 Å². The van der Waals surface area contributed by atoms with Gasteiger partial charge >= 0.3 is 6.03 Å². The van der Waals surface area contributed by atoms with Gasteiger partial charge in [0.2, 0.25) is 0 Å². The molecule has 0 radical (unpaired) electrons. The fourth-order valence-corrected chi connectivity index (χ4v) is 5.03. The summed E-state index contributed by atoms with van der Waals surface area (Å²) in [5.41, 5.74) is 2.17. The number of H-pyrrole nitrogens is 1. The van der Waals surface area contributed by atoms with Gasteiger partial charge in [0.1, 0.15) is 24.2 Å². The third-order valence-electron chi connectivity index (χ3n) is 5.68. The fourth-order valence-electron chi connectivity index (χ4n) is 4.07. The molecular weight excluding hydrogens is 583 g/mol. The van der Waals surface area contributed by atoms with Crippen molar-refractivity contribution in [3.8, 4) is 17.0 Å². The molecule has 2 aromatic carbocycles. The van der Waals surface area contributed by atoms with E-state index in [1.54, 1.807) is 30.5 Å². The van der Waals surface area contributed by atoms with Crippen LogP contribution in [0, 0.1) is 9.49 Å². The third-order valence-corrected chi connectivity index (χ3v) is 6.67. The molecule has 10 heteroatoms. The van der Waals surface area contributed by atoms with Gasteiger partial charge in [-0.2, -0.15) is 0 Å². The Bertz CT molecular complexity index is 1210. The normalized spacial score (nSPS) is 16.6. The maximum Gasteiger partial charge on any atom is 0.325 e. The third kappa shape index (κ3) is 5.62. The molecule has 1 aliphatic heterocycles. The molecule has 8 nitrogen and oxygen atoms in total. The van der Waals surface area contributed by atoms with Gasteiger partial charge in [-0.15, -0.1) is 0 Å². The van der Waals surface area contributed by atoms with Crippen molar-refractivity contribution in [2.24, 2.45) is 5.92 Å². The molecule has 0 bridgehead atoms. The van der Waals surface area contributed by atoms with E-state index in [0.29, 0.717) is 28.6 Å². The highest BCUT2D eigenvalue weighted by Crippen LogP contribution is 2.35. The number of nitrogens with one attached hydrogen (secondary N) is 2. The summed E-state index contributed by atoms with van der Waals surface area (Å²) in [4.78, 5) is 35.6. The second kappa shape index (κ2) is 11.0. The average molecular weight is 609 g/mol. The van der Waals surface area contributed by atoms with Crippen molar-refractivity contribution in [3.63, 3.8) is 0 Å². The van der Waals surface area contributed by atoms with Crippen LogP contribution in [-0.2, 0) is 4.79 Å². The summed E-state index contributed by atoms with van der Waals surface area (Å²) in [6.45, 7) is 4.17. The van der Waals surface area contributed by atoms with E-state index in [-0.39, 0.29) is 25.0 Å². The zero-order valence-corrected chi connectivity index (χ0v) is 22.2. The first-order valence-corrected chi connectivity index (χ1v) is 12.7. The minimum atomic E-state index is -0.802. The number of imidazole rings is 1. The lowest BCUT2D eigenvalue weighted by molar-refractivity contribution is -0.129. The van der Waals surface area contributed by atoms with Crippen LogP contribution in [0.25, 0.3) is 11.3 Å². The lowest BCUT2D eigenvalue weighted by atomic mass is 10.0. The first kappa shape index (κ1) is 25.5. The number of hydrogen-bond acceptors (Lipinski definition) is 5. The molecule has 3 amide bonds. The maximum atomic E-state index is 13.5. The van der Waals surface area contributed by atoms with E-state index in [9.17, 15) is 9.59 Å². The highest BCUT2D eigenvalue weighted by Gasteiger charge is 2.44. The summed E-state index contributed by atoms with van der Waals surface area (Å²) in [5.74, 6) is 0.972. The predicted octanol–water partition coefficient (Wildman–Crippen LogP) is 5.09. The molecule has 1 saturated heterocycles. The number of carbonyl (C=O) groups excluding carboxylic acids is 2. The molecule has 1 fully saturated rings. The van der Waals surface area contributed by atoms with E-state index in [1.165, 1.54) is 4.90 Å². The smallest absolute Gasteiger partial charge is 0.325 e. The Balaban J connectivity index is 1.60. The molecule has 184 valence electrons. The average Bonchev–Trinajstić information content (AvgIpc) is 3.41. The summed E-state index contributed by atoms with van der Waals surface area (Å²) in [5, 5.41) is 12.3. The van der Waals surface area contributed by atoms with E-state index >= 15 is 0 Å². The number of imide groups is 1. The minimum Gasteiger partial charge on any atom is -0.491 e. The highest BCUT2D eigenvalue weighted by atomic mass is 127. The van der Waals surface area contributed by atoms with Gasteiger partial charge in [0, 0.05) is 9.13 Å².